The first-order valence-corrected chi connectivity index (χ1v) is 7.96. The maximum atomic E-state index is 12.1. The summed E-state index contributed by atoms with van der Waals surface area (Å²) in [5, 5.41) is 3.50. The number of halogens is 1. The number of nitrogens with one attached hydrogen (secondary N) is 1. The van der Waals surface area contributed by atoms with Gasteiger partial charge in [0.25, 0.3) is 0 Å². The molecule has 0 fully saturated rings. The first-order chi connectivity index (χ1) is 11.7. The molecule has 120 valence electrons. The van der Waals surface area contributed by atoms with Crippen LogP contribution < -0.4 is 5.32 Å². The van der Waals surface area contributed by atoms with Crippen molar-refractivity contribution in [2.45, 2.75) is 12.8 Å². The summed E-state index contributed by atoms with van der Waals surface area (Å²) in [6.07, 6.45) is 2.40. The van der Waals surface area contributed by atoms with Crippen LogP contribution in [0.15, 0.2) is 67.0 Å². The molecule has 1 heterocycles. The largest absolute Gasteiger partial charge is 0.310 e. The van der Waals surface area contributed by atoms with E-state index < -0.39 is 0 Å². The second kappa shape index (κ2) is 7.70. The van der Waals surface area contributed by atoms with Gasteiger partial charge in [0.1, 0.15) is 12.1 Å². The van der Waals surface area contributed by atoms with Crippen molar-refractivity contribution in [3.05, 3.63) is 88.8 Å². The van der Waals surface area contributed by atoms with Gasteiger partial charge in [0.2, 0.25) is 5.91 Å². The Labute approximate surface area is 145 Å². The number of aromatic nitrogens is 2. The molecule has 0 bridgehead atoms. The summed E-state index contributed by atoms with van der Waals surface area (Å²) >= 11 is 6.00. The maximum absolute atomic E-state index is 12.1. The molecule has 0 aliphatic carbocycles. The lowest BCUT2D eigenvalue weighted by molar-refractivity contribution is -0.115. The van der Waals surface area contributed by atoms with Gasteiger partial charge in [-0.3, -0.25) is 4.79 Å². The molecular weight excluding hydrogens is 322 g/mol. The van der Waals surface area contributed by atoms with E-state index >= 15 is 0 Å². The van der Waals surface area contributed by atoms with Gasteiger partial charge in [-0.1, -0.05) is 54.1 Å². The summed E-state index contributed by atoms with van der Waals surface area (Å²) in [6, 6.07) is 19.0. The highest BCUT2D eigenvalue weighted by Gasteiger charge is 2.06. The first-order valence-electron chi connectivity index (χ1n) is 7.58. The summed E-state index contributed by atoms with van der Waals surface area (Å²) in [7, 11) is 0. The van der Waals surface area contributed by atoms with Gasteiger partial charge in [0.05, 0.1) is 12.1 Å². The van der Waals surface area contributed by atoms with E-state index in [-0.39, 0.29) is 5.91 Å². The van der Waals surface area contributed by atoms with Crippen LogP contribution in [0.5, 0.6) is 0 Å². The predicted octanol–water partition coefficient (Wildman–Crippen LogP) is 3.90. The highest BCUT2D eigenvalue weighted by molar-refractivity contribution is 6.30. The van der Waals surface area contributed by atoms with E-state index in [4.69, 9.17) is 11.6 Å². The summed E-state index contributed by atoms with van der Waals surface area (Å²) in [4.78, 5) is 20.5. The van der Waals surface area contributed by atoms with E-state index in [1.807, 2.05) is 54.6 Å². The number of nitrogens with zero attached hydrogens (tertiary/aromatic N) is 2. The molecule has 3 rings (SSSR count). The Hall–Kier alpha value is -2.72. The zero-order valence-electron chi connectivity index (χ0n) is 12.9. The summed E-state index contributed by atoms with van der Waals surface area (Å²) in [6.45, 7) is 0. The van der Waals surface area contributed by atoms with Crippen LogP contribution in [0.1, 0.15) is 16.8 Å². The van der Waals surface area contributed by atoms with Gasteiger partial charge < -0.3 is 5.32 Å². The van der Waals surface area contributed by atoms with Crippen LogP contribution >= 0.6 is 11.6 Å². The molecule has 0 radical (unpaired) electrons. The fourth-order valence-corrected chi connectivity index (χ4v) is 2.60. The van der Waals surface area contributed by atoms with Crippen molar-refractivity contribution in [2.75, 3.05) is 5.32 Å². The Balaban J connectivity index is 1.65. The molecule has 4 nitrogen and oxygen atoms in total. The van der Waals surface area contributed by atoms with E-state index in [0.717, 1.165) is 16.8 Å². The van der Waals surface area contributed by atoms with Gasteiger partial charge in [-0.15, -0.1) is 0 Å². The Kier molecular flexibility index (Phi) is 5.18. The second-order valence-corrected chi connectivity index (χ2v) is 5.85. The number of amides is 1. The maximum Gasteiger partial charge on any atom is 0.229 e. The fraction of sp³-hybridized carbons (Fsp3) is 0.105. The Morgan fingerprint density at radius 2 is 1.75 bits per heavy atom. The lowest BCUT2D eigenvalue weighted by Gasteiger charge is -2.06. The van der Waals surface area contributed by atoms with Gasteiger partial charge in [0, 0.05) is 17.5 Å². The van der Waals surface area contributed by atoms with E-state index in [0.29, 0.717) is 23.7 Å². The van der Waals surface area contributed by atoms with Crippen LogP contribution in [0, 0.1) is 0 Å². The van der Waals surface area contributed by atoms with Crippen LogP contribution in [0.25, 0.3) is 0 Å². The monoisotopic (exact) mass is 337 g/mol. The van der Waals surface area contributed by atoms with E-state index in [1.54, 1.807) is 6.07 Å². The van der Waals surface area contributed by atoms with Crippen molar-refractivity contribution in [1.82, 2.24) is 9.97 Å². The minimum Gasteiger partial charge on any atom is -0.310 e. The quantitative estimate of drug-likeness (QED) is 0.768. The van der Waals surface area contributed by atoms with E-state index in [2.05, 4.69) is 15.3 Å². The molecule has 0 spiro atoms. The number of benzene rings is 2. The van der Waals surface area contributed by atoms with E-state index in [1.165, 1.54) is 6.33 Å². The molecule has 1 amide bonds. The molecule has 0 aliphatic rings. The molecule has 1 aromatic heterocycles. The summed E-state index contributed by atoms with van der Waals surface area (Å²) in [5.41, 5.74) is 2.84. The number of carbonyl (C=O) groups is 1. The standard InChI is InChI=1S/C19H16ClN3O/c20-16-8-4-7-15(9-16)10-17-12-18(22-13-21-17)23-19(24)11-14-5-2-1-3-6-14/h1-9,12-13H,10-11H2,(H,21,22,23,24). The minimum absolute atomic E-state index is 0.103. The third kappa shape index (κ3) is 4.64. The molecule has 0 unspecified atom stereocenters. The van der Waals surface area contributed by atoms with Gasteiger partial charge in [-0.25, -0.2) is 9.97 Å². The van der Waals surface area contributed by atoms with Gasteiger partial charge >= 0.3 is 0 Å². The average molecular weight is 338 g/mol. The Morgan fingerprint density at radius 3 is 2.54 bits per heavy atom. The molecule has 0 saturated carbocycles. The number of carbonyl (C=O) groups excluding carboxylic acids is 1. The van der Waals surface area contributed by atoms with Gasteiger partial charge in [-0.05, 0) is 23.3 Å². The zero-order valence-corrected chi connectivity index (χ0v) is 13.7. The average Bonchev–Trinajstić information content (AvgIpc) is 2.56. The SMILES string of the molecule is O=C(Cc1ccccc1)Nc1cc(Cc2cccc(Cl)c2)ncn1. The van der Waals surface area contributed by atoms with Crippen molar-refractivity contribution >= 4 is 23.3 Å². The summed E-state index contributed by atoms with van der Waals surface area (Å²) in [5.74, 6) is 0.400. The van der Waals surface area contributed by atoms with Crippen LogP contribution in [0.3, 0.4) is 0 Å². The molecule has 2 aromatic carbocycles. The lowest BCUT2D eigenvalue weighted by Crippen LogP contribution is -2.15. The third-order valence-corrected chi connectivity index (χ3v) is 3.71. The van der Waals surface area contributed by atoms with Crippen molar-refractivity contribution in [3.63, 3.8) is 0 Å². The highest BCUT2D eigenvalue weighted by atomic mass is 35.5. The fourth-order valence-electron chi connectivity index (χ4n) is 2.39. The minimum atomic E-state index is -0.103. The lowest BCUT2D eigenvalue weighted by atomic mass is 10.1. The van der Waals surface area contributed by atoms with Crippen LogP contribution in [0.4, 0.5) is 5.82 Å². The molecule has 1 N–H and O–H groups in total. The van der Waals surface area contributed by atoms with Crippen molar-refractivity contribution < 1.29 is 4.79 Å². The van der Waals surface area contributed by atoms with Gasteiger partial charge in [-0.2, -0.15) is 0 Å². The first kappa shape index (κ1) is 16.1. The molecule has 3 aromatic rings. The number of anilines is 1. The van der Waals surface area contributed by atoms with Crippen LogP contribution in [-0.2, 0) is 17.6 Å². The molecule has 0 saturated heterocycles. The molecule has 5 heteroatoms. The third-order valence-electron chi connectivity index (χ3n) is 3.47. The summed E-state index contributed by atoms with van der Waals surface area (Å²) < 4.78 is 0. The zero-order chi connectivity index (χ0) is 16.8. The number of rotatable bonds is 5. The van der Waals surface area contributed by atoms with E-state index in [9.17, 15) is 4.79 Å². The van der Waals surface area contributed by atoms with Crippen LogP contribution in [-0.4, -0.2) is 15.9 Å². The molecular formula is C19H16ClN3O. The second-order valence-electron chi connectivity index (χ2n) is 5.41. The topological polar surface area (TPSA) is 54.9 Å². The Morgan fingerprint density at radius 1 is 0.958 bits per heavy atom. The van der Waals surface area contributed by atoms with Crippen molar-refractivity contribution in [2.24, 2.45) is 0 Å². The Bertz CT molecular complexity index is 837. The molecule has 0 aliphatic heterocycles. The molecule has 0 atom stereocenters. The highest BCUT2D eigenvalue weighted by Crippen LogP contribution is 2.15. The number of hydrogen-bond donors (Lipinski definition) is 1. The van der Waals surface area contributed by atoms with Crippen LogP contribution in [0.2, 0.25) is 5.02 Å². The smallest absolute Gasteiger partial charge is 0.229 e. The van der Waals surface area contributed by atoms with Gasteiger partial charge in [0.15, 0.2) is 0 Å². The van der Waals surface area contributed by atoms with Crippen molar-refractivity contribution in [1.29, 1.82) is 0 Å². The molecule has 24 heavy (non-hydrogen) atoms. The predicted molar refractivity (Wildman–Crippen MR) is 95.1 cm³/mol. The number of hydrogen-bond acceptors (Lipinski definition) is 3. The normalized spacial score (nSPS) is 10.4. The van der Waals surface area contributed by atoms with Crippen molar-refractivity contribution in [3.8, 4) is 0 Å².